The van der Waals surface area contributed by atoms with E-state index in [2.05, 4.69) is 16.4 Å². The highest BCUT2D eigenvalue weighted by Gasteiger charge is 2.29. The number of benzene rings is 2. The highest BCUT2D eigenvalue weighted by atomic mass is 35.5. The number of fused-ring (bicyclic) bond motifs is 1. The van der Waals surface area contributed by atoms with Crippen molar-refractivity contribution in [1.29, 1.82) is 0 Å². The number of aromatic nitrogens is 1. The molecule has 1 aromatic heterocycles. The molecule has 3 nitrogen and oxygen atoms in total. The molecule has 4 heteroatoms. The van der Waals surface area contributed by atoms with Crippen LogP contribution in [0, 0.1) is 5.92 Å². The number of aromatic amines is 1. The normalized spacial score (nSPS) is 14.2. The molecule has 2 N–H and O–H groups in total. The van der Waals surface area contributed by atoms with E-state index in [0.29, 0.717) is 0 Å². The third kappa shape index (κ3) is 2.60. The summed E-state index contributed by atoms with van der Waals surface area (Å²) in [5.41, 5.74) is 3.94. The summed E-state index contributed by atoms with van der Waals surface area (Å²) in [6, 6.07) is 15.8. The van der Waals surface area contributed by atoms with E-state index in [9.17, 15) is 4.79 Å². The van der Waals surface area contributed by atoms with Crippen molar-refractivity contribution in [3.8, 4) is 11.3 Å². The van der Waals surface area contributed by atoms with Gasteiger partial charge in [0.1, 0.15) is 0 Å². The molecule has 1 aliphatic carbocycles. The molecular formula is C18H15ClN2O. The van der Waals surface area contributed by atoms with Crippen molar-refractivity contribution in [1.82, 2.24) is 4.98 Å². The SMILES string of the molecule is O=C(Nc1cccc(-c2cc3cc(Cl)ccc3[nH]2)c1)C1CC1. The topological polar surface area (TPSA) is 44.9 Å². The van der Waals surface area contributed by atoms with Gasteiger partial charge in [-0.1, -0.05) is 23.7 Å². The molecule has 1 fully saturated rings. The first kappa shape index (κ1) is 13.4. The van der Waals surface area contributed by atoms with Crippen LogP contribution in [0.15, 0.2) is 48.5 Å². The maximum atomic E-state index is 11.9. The van der Waals surface area contributed by atoms with E-state index in [4.69, 9.17) is 11.6 Å². The molecule has 1 amide bonds. The molecule has 0 radical (unpaired) electrons. The molecule has 0 bridgehead atoms. The fraction of sp³-hybridized carbons (Fsp3) is 0.167. The Hall–Kier alpha value is -2.26. The molecule has 0 spiro atoms. The number of carbonyl (C=O) groups excluding carboxylic acids is 1. The van der Waals surface area contributed by atoms with E-state index in [0.717, 1.165) is 45.7 Å². The van der Waals surface area contributed by atoms with Crippen LogP contribution in [0.3, 0.4) is 0 Å². The van der Waals surface area contributed by atoms with E-state index < -0.39 is 0 Å². The Bertz CT molecular complexity index is 864. The number of carbonyl (C=O) groups is 1. The Balaban J connectivity index is 1.66. The van der Waals surface area contributed by atoms with Gasteiger partial charge in [0.15, 0.2) is 0 Å². The maximum Gasteiger partial charge on any atom is 0.227 e. The van der Waals surface area contributed by atoms with E-state index in [1.54, 1.807) is 0 Å². The lowest BCUT2D eigenvalue weighted by atomic mass is 10.1. The van der Waals surface area contributed by atoms with Gasteiger partial charge in [-0.25, -0.2) is 0 Å². The van der Waals surface area contributed by atoms with Crippen molar-refractivity contribution in [2.24, 2.45) is 5.92 Å². The number of nitrogens with one attached hydrogen (secondary N) is 2. The van der Waals surface area contributed by atoms with Gasteiger partial charge in [0.05, 0.1) is 0 Å². The van der Waals surface area contributed by atoms with Gasteiger partial charge >= 0.3 is 0 Å². The van der Waals surface area contributed by atoms with E-state index >= 15 is 0 Å². The van der Waals surface area contributed by atoms with Crippen molar-refractivity contribution in [3.63, 3.8) is 0 Å². The fourth-order valence-corrected chi connectivity index (χ4v) is 2.79. The van der Waals surface area contributed by atoms with Gasteiger partial charge in [0, 0.05) is 38.8 Å². The summed E-state index contributed by atoms with van der Waals surface area (Å²) in [7, 11) is 0. The zero-order chi connectivity index (χ0) is 15.1. The van der Waals surface area contributed by atoms with Crippen molar-refractivity contribution >= 4 is 34.1 Å². The predicted molar refractivity (Wildman–Crippen MR) is 90.1 cm³/mol. The summed E-state index contributed by atoms with van der Waals surface area (Å²) in [5, 5.41) is 4.79. The second-order valence-electron chi connectivity index (χ2n) is 5.76. The van der Waals surface area contributed by atoms with Crippen LogP contribution in [-0.2, 0) is 4.79 Å². The maximum absolute atomic E-state index is 11.9. The monoisotopic (exact) mass is 310 g/mol. The number of hydrogen-bond acceptors (Lipinski definition) is 1. The zero-order valence-electron chi connectivity index (χ0n) is 11.9. The number of amides is 1. The summed E-state index contributed by atoms with van der Waals surface area (Å²) in [6.45, 7) is 0. The molecule has 3 aromatic rings. The van der Waals surface area contributed by atoms with Crippen LogP contribution in [-0.4, -0.2) is 10.9 Å². The summed E-state index contributed by atoms with van der Waals surface area (Å²) >= 11 is 6.03. The Morgan fingerprint density at radius 3 is 2.82 bits per heavy atom. The number of hydrogen-bond donors (Lipinski definition) is 2. The van der Waals surface area contributed by atoms with Crippen LogP contribution in [0.5, 0.6) is 0 Å². The molecule has 0 saturated heterocycles. The molecule has 1 saturated carbocycles. The number of H-pyrrole nitrogens is 1. The van der Waals surface area contributed by atoms with Gasteiger partial charge in [-0.2, -0.15) is 0 Å². The highest BCUT2D eigenvalue weighted by Crippen LogP contribution is 2.31. The molecule has 22 heavy (non-hydrogen) atoms. The van der Waals surface area contributed by atoms with Gasteiger partial charge in [-0.3, -0.25) is 4.79 Å². The lowest BCUT2D eigenvalue weighted by Gasteiger charge is -2.06. The minimum Gasteiger partial charge on any atom is -0.355 e. The Labute approximate surface area is 133 Å². The molecule has 0 unspecified atom stereocenters. The Morgan fingerprint density at radius 2 is 2.00 bits per heavy atom. The quantitative estimate of drug-likeness (QED) is 0.714. The van der Waals surface area contributed by atoms with Crippen molar-refractivity contribution in [3.05, 3.63) is 53.6 Å². The van der Waals surface area contributed by atoms with Crippen molar-refractivity contribution in [2.45, 2.75) is 12.8 Å². The molecule has 2 aromatic carbocycles. The van der Waals surface area contributed by atoms with Crippen LogP contribution in [0.1, 0.15) is 12.8 Å². The largest absolute Gasteiger partial charge is 0.355 e. The molecule has 0 aliphatic heterocycles. The van der Waals surface area contributed by atoms with E-state index in [1.807, 2.05) is 42.5 Å². The molecule has 0 atom stereocenters. The van der Waals surface area contributed by atoms with Gasteiger partial charge in [0.2, 0.25) is 5.91 Å². The van der Waals surface area contributed by atoms with Crippen LogP contribution < -0.4 is 5.32 Å². The van der Waals surface area contributed by atoms with E-state index in [-0.39, 0.29) is 11.8 Å². The molecule has 1 aliphatic rings. The van der Waals surface area contributed by atoms with Gasteiger partial charge < -0.3 is 10.3 Å². The van der Waals surface area contributed by atoms with Crippen LogP contribution in [0.25, 0.3) is 22.2 Å². The second-order valence-corrected chi connectivity index (χ2v) is 6.20. The van der Waals surface area contributed by atoms with Crippen molar-refractivity contribution < 1.29 is 4.79 Å². The minimum atomic E-state index is 0.126. The van der Waals surface area contributed by atoms with Gasteiger partial charge in [-0.15, -0.1) is 0 Å². The van der Waals surface area contributed by atoms with Crippen molar-refractivity contribution in [2.75, 3.05) is 5.32 Å². The van der Waals surface area contributed by atoms with Crippen LogP contribution >= 0.6 is 11.6 Å². The smallest absolute Gasteiger partial charge is 0.227 e. The lowest BCUT2D eigenvalue weighted by Crippen LogP contribution is -2.13. The van der Waals surface area contributed by atoms with Crippen LogP contribution in [0.4, 0.5) is 5.69 Å². The summed E-state index contributed by atoms with van der Waals surface area (Å²) in [5.74, 6) is 0.333. The van der Waals surface area contributed by atoms with E-state index in [1.165, 1.54) is 0 Å². The molecule has 4 rings (SSSR count). The summed E-state index contributed by atoms with van der Waals surface area (Å²) in [4.78, 5) is 15.3. The lowest BCUT2D eigenvalue weighted by molar-refractivity contribution is -0.117. The average Bonchev–Trinajstić information content (AvgIpc) is 3.27. The first-order valence-electron chi connectivity index (χ1n) is 7.39. The predicted octanol–water partition coefficient (Wildman–Crippen LogP) is 4.84. The van der Waals surface area contributed by atoms with Crippen LogP contribution in [0.2, 0.25) is 5.02 Å². The van der Waals surface area contributed by atoms with Gasteiger partial charge in [-0.05, 0) is 49.2 Å². The minimum absolute atomic E-state index is 0.126. The number of halogens is 1. The molecular weight excluding hydrogens is 296 g/mol. The second kappa shape index (κ2) is 5.18. The standard InChI is InChI=1S/C18H15ClN2O/c19-14-6-7-16-13(8-14)10-17(21-16)12-2-1-3-15(9-12)20-18(22)11-4-5-11/h1-3,6-11,21H,4-5H2,(H,20,22). The first-order chi connectivity index (χ1) is 10.7. The first-order valence-corrected chi connectivity index (χ1v) is 7.76. The Kier molecular flexibility index (Phi) is 3.16. The summed E-state index contributed by atoms with van der Waals surface area (Å²) < 4.78 is 0. The molecule has 110 valence electrons. The average molecular weight is 311 g/mol. The summed E-state index contributed by atoms with van der Waals surface area (Å²) in [6.07, 6.45) is 2.02. The number of anilines is 1. The van der Waals surface area contributed by atoms with Gasteiger partial charge in [0.25, 0.3) is 0 Å². The zero-order valence-corrected chi connectivity index (χ0v) is 12.7. The highest BCUT2D eigenvalue weighted by molar-refractivity contribution is 6.31. The number of rotatable bonds is 3. The Morgan fingerprint density at radius 1 is 1.14 bits per heavy atom. The third-order valence-corrected chi connectivity index (χ3v) is 4.21. The molecule has 1 heterocycles. The fourth-order valence-electron chi connectivity index (χ4n) is 2.61. The third-order valence-electron chi connectivity index (χ3n) is 3.97.